The van der Waals surface area contributed by atoms with E-state index in [4.69, 9.17) is 0 Å². The van der Waals surface area contributed by atoms with Gasteiger partial charge in [-0.2, -0.15) is 0 Å². The van der Waals surface area contributed by atoms with Crippen LogP contribution in [-0.2, 0) is 0 Å². The average Bonchev–Trinajstić information content (AvgIpc) is 1.90. The van der Waals surface area contributed by atoms with Crippen molar-refractivity contribution in [2.45, 2.75) is 6.92 Å². The number of rotatable bonds is 1. The Morgan fingerprint density at radius 2 is 1.78 bits per heavy atom. The van der Waals surface area contributed by atoms with E-state index in [2.05, 4.69) is 0 Å². The van der Waals surface area contributed by atoms with Gasteiger partial charge in [0.05, 0.1) is 0 Å². The third-order valence-corrected chi connectivity index (χ3v) is 1.18. The standard InChI is InChI=1S/C8H8O/c1-7(9)8-5-3-2-4-6-8/h2-6H,1H3/i2+1,3+1,4+1,5+1,6+1,8+1. The Hall–Kier alpha value is -1.11. The lowest BCUT2D eigenvalue weighted by Gasteiger charge is -1.89. The predicted octanol–water partition coefficient (Wildman–Crippen LogP) is 1.89. The fourth-order valence-corrected chi connectivity index (χ4v) is 0.673. The minimum Gasteiger partial charge on any atom is -0.295 e. The second-order valence-electron chi connectivity index (χ2n) is 1.92. The zero-order chi connectivity index (χ0) is 6.69. The molecule has 0 saturated heterocycles. The van der Waals surface area contributed by atoms with Gasteiger partial charge in [-0.25, -0.2) is 0 Å². The predicted molar refractivity (Wildman–Crippen MR) is 36.4 cm³/mol. The maximum Gasteiger partial charge on any atom is 0.159 e. The summed E-state index contributed by atoms with van der Waals surface area (Å²) < 4.78 is 0. The zero-order valence-corrected chi connectivity index (χ0v) is 5.29. The molecule has 1 heteroatoms. The molecular weight excluding hydrogens is 118 g/mol. The van der Waals surface area contributed by atoms with Crippen LogP contribution in [0.5, 0.6) is 0 Å². The summed E-state index contributed by atoms with van der Waals surface area (Å²) in [4.78, 5) is 10.6. The summed E-state index contributed by atoms with van der Waals surface area (Å²) >= 11 is 0. The normalized spacial score (nSPS) is 9.00. The van der Waals surface area contributed by atoms with Crippen LogP contribution in [0.3, 0.4) is 0 Å². The van der Waals surface area contributed by atoms with E-state index in [9.17, 15) is 4.79 Å². The molecule has 9 heavy (non-hydrogen) atoms. The van der Waals surface area contributed by atoms with Crippen LogP contribution >= 0.6 is 0 Å². The highest BCUT2D eigenvalue weighted by molar-refractivity contribution is 5.93. The molecule has 0 unspecified atom stereocenters. The van der Waals surface area contributed by atoms with Crippen LogP contribution < -0.4 is 0 Å². The quantitative estimate of drug-likeness (QED) is 0.525. The van der Waals surface area contributed by atoms with E-state index in [1.54, 1.807) is 6.92 Å². The Kier molecular flexibility index (Phi) is 1.63. The average molecular weight is 126 g/mol. The summed E-state index contributed by atoms with van der Waals surface area (Å²) in [5, 5.41) is 0. The van der Waals surface area contributed by atoms with E-state index in [1.165, 1.54) is 0 Å². The van der Waals surface area contributed by atoms with Gasteiger partial charge in [-0.15, -0.1) is 0 Å². The first-order valence-electron chi connectivity index (χ1n) is 2.86. The van der Waals surface area contributed by atoms with Crippen molar-refractivity contribution >= 4 is 5.78 Å². The first-order valence-corrected chi connectivity index (χ1v) is 2.86. The summed E-state index contributed by atoms with van der Waals surface area (Å²) in [6, 6.07) is 9.23. The van der Waals surface area contributed by atoms with Crippen LogP contribution in [0.4, 0.5) is 0 Å². The van der Waals surface area contributed by atoms with Gasteiger partial charge in [0.2, 0.25) is 0 Å². The fraction of sp³-hybridized carbons (Fsp3) is 0.125. The Morgan fingerprint density at radius 1 is 1.22 bits per heavy atom. The number of Topliss-reactive ketones (excluding diaryl/α,β-unsaturated/α-hetero) is 1. The van der Waals surface area contributed by atoms with Gasteiger partial charge < -0.3 is 0 Å². The van der Waals surface area contributed by atoms with E-state index < -0.39 is 0 Å². The number of hydrogen-bond acceptors (Lipinski definition) is 1. The van der Waals surface area contributed by atoms with Crippen molar-refractivity contribution < 1.29 is 4.79 Å². The molecule has 0 heterocycles. The highest BCUT2D eigenvalue weighted by Gasteiger charge is 1.92. The topological polar surface area (TPSA) is 17.1 Å². The second-order valence-corrected chi connectivity index (χ2v) is 1.92. The van der Waals surface area contributed by atoms with Gasteiger partial charge in [-0.05, 0) is 6.92 Å². The first-order chi connectivity index (χ1) is 4.30. The van der Waals surface area contributed by atoms with Gasteiger partial charge in [0, 0.05) is 5.56 Å². The smallest absolute Gasteiger partial charge is 0.159 e. The summed E-state index contributed by atoms with van der Waals surface area (Å²) in [5.41, 5.74) is 0.775. The van der Waals surface area contributed by atoms with Gasteiger partial charge in [0.25, 0.3) is 0 Å². The van der Waals surface area contributed by atoms with E-state index in [1.807, 2.05) is 30.3 Å². The van der Waals surface area contributed by atoms with Crippen molar-refractivity contribution in [3.63, 3.8) is 0 Å². The van der Waals surface area contributed by atoms with Crippen molar-refractivity contribution in [1.29, 1.82) is 0 Å². The Bertz CT molecular complexity index is 201. The first kappa shape index (κ1) is 6.02. The largest absolute Gasteiger partial charge is 0.295 e. The molecule has 0 aromatic heterocycles. The van der Waals surface area contributed by atoms with Crippen LogP contribution in [0, 0.1) is 0 Å². The maximum absolute atomic E-state index is 10.6. The minimum atomic E-state index is 0.121. The van der Waals surface area contributed by atoms with Crippen LogP contribution in [-0.4, -0.2) is 5.78 Å². The third-order valence-electron chi connectivity index (χ3n) is 1.18. The van der Waals surface area contributed by atoms with E-state index in [0.29, 0.717) is 0 Å². The summed E-state index contributed by atoms with van der Waals surface area (Å²) in [6.07, 6.45) is 0. The fourth-order valence-electron chi connectivity index (χ4n) is 0.673. The SMILES string of the molecule is CC(=O)[13c]1[13cH][13cH][13cH][13cH][13cH]1. The number of hydrogen-bond donors (Lipinski definition) is 0. The van der Waals surface area contributed by atoms with Gasteiger partial charge in [-0.3, -0.25) is 4.79 Å². The lowest BCUT2D eigenvalue weighted by atomic mass is 10.6. The van der Waals surface area contributed by atoms with E-state index in [0.717, 1.165) is 5.56 Å². The zero-order valence-electron chi connectivity index (χ0n) is 5.29. The molecule has 0 aliphatic rings. The molecule has 0 atom stereocenters. The van der Waals surface area contributed by atoms with Crippen molar-refractivity contribution in [3.8, 4) is 0 Å². The monoisotopic (exact) mass is 126 g/mol. The van der Waals surface area contributed by atoms with Crippen molar-refractivity contribution in [2.24, 2.45) is 0 Å². The van der Waals surface area contributed by atoms with E-state index in [-0.39, 0.29) is 5.78 Å². The van der Waals surface area contributed by atoms with Crippen LogP contribution in [0.2, 0.25) is 0 Å². The van der Waals surface area contributed by atoms with E-state index >= 15 is 0 Å². The molecule has 0 N–H and O–H groups in total. The number of carbonyl (C=O) groups excluding carboxylic acids is 1. The molecule has 1 nitrogen and oxygen atoms in total. The maximum atomic E-state index is 10.6. The summed E-state index contributed by atoms with van der Waals surface area (Å²) in [5.74, 6) is 0.121. The van der Waals surface area contributed by atoms with Gasteiger partial charge >= 0.3 is 0 Å². The molecule has 1 rings (SSSR count). The molecule has 0 spiro atoms. The van der Waals surface area contributed by atoms with Gasteiger partial charge in [0.1, 0.15) is 0 Å². The molecule has 0 fully saturated rings. The van der Waals surface area contributed by atoms with Crippen LogP contribution in [0.25, 0.3) is 0 Å². The van der Waals surface area contributed by atoms with Crippen LogP contribution in [0.1, 0.15) is 17.3 Å². The lowest BCUT2D eigenvalue weighted by molar-refractivity contribution is 0.101. The van der Waals surface area contributed by atoms with Crippen molar-refractivity contribution in [1.82, 2.24) is 0 Å². The third kappa shape index (κ3) is 1.39. The molecule has 0 saturated carbocycles. The van der Waals surface area contributed by atoms with Crippen molar-refractivity contribution in [3.05, 3.63) is 35.9 Å². The molecular formula is C8H8O. The highest BCUT2D eigenvalue weighted by Crippen LogP contribution is 1.97. The molecule has 0 aliphatic carbocycles. The number of carbonyl (C=O) groups is 1. The molecule has 0 bridgehead atoms. The van der Waals surface area contributed by atoms with Crippen molar-refractivity contribution in [2.75, 3.05) is 0 Å². The summed E-state index contributed by atoms with van der Waals surface area (Å²) in [6.45, 7) is 1.56. The van der Waals surface area contributed by atoms with Crippen LogP contribution in [0.15, 0.2) is 30.3 Å². The summed E-state index contributed by atoms with van der Waals surface area (Å²) in [7, 11) is 0. The molecule has 1 aromatic carbocycles. The molecule has 1 aromatic rings. The molecule has 0 radical (unpaired) electrons. The second kappa shape index (κ2) is 2.44. The lowest BCUT2D eigenvalue weighted by Crippen LogP contribution is -1.88. The molecule has 0 amide bonds. The Labute approximate surface area is 54.3 Å². The Morgan fingerprint density at radius 3 is 2.11 bits per heavy atom. The van der Waals surface area contributed by atoms with Gasteiger partial charge in [0.15, 0.2) is 5.78 Å². The number of benzene rings is 1. The minimum absolute atomic E-state index is 0.121. The Balaban J connectivity index is 2.98. The molecule has 46 valence electrons. The molecule has 0 aliphatic heterocycles. The number of ketones is 1. The highest BCUT2D eigenvalue weighted by atomic mass is 16.1. The van der Waals surface area contributed by atoms with Gasteiger partial charge in [-0.1, -0.05) is 30.3 Å².